The van der Waals surface area contributed by atoms with E-state index in [2.05, 4.69) is 48.5 Å². The molecule has 0 rings (SSSR count). The molecule has 0 heteroatoms. The van der Waals surface area contributed by atoms with E-state index < -0.39 is 0 Å². The van der Waals surface area contributed by atoms with Gasteiger partial charge in [-0.15, -0.1) is 0 Å². The SMILES string of the molecule is CCCC(C)CC(C)C(CC)CCC(C)(C)CC. The molecule has 0 nitrogen and oxygen atoms in total. The molecule has 0 aromatic rings. The Kier molecular flexibility index (Phi) is 8.99. The highest BCUT2D eigenvalue weighted by Crippen LogP contribution is 2.34. The fraction of sp³-hybridized carbons (Fsp3) is 1.00. The lowest BCUT2D eigenvalue weighted by Gasteiger charge is -2.29. The van der Waals surface area contributed by atoms with Crippen LogP contribution >= 0.6 is 0 Å². The maximum Gasteiger partial charge on any atom is -0.0357 e. The Morgan fingerprint density at radius 2 is 1.56 bits per heavy atom. The highest BCUT2D eigenvalue weighted by Gasteiger charge is 2.22. The van der Waals surface area contributed by atoms with E-state index in [1.54, 1.807) is 0 Å². The molecule has 110 valence electrons. The van der Waals surface area contributed by atoms with Gasteiger partial charge in [0.1, 0.15) is 0 Å². The molecular formula is C18H38. The van der Waals surface area contributed by atoms with Crippen LogP contribution in [0.25, 0.3) is 0 Å². The lowest BCUT2D eigenvalue weighted by Crippen LogP contribution is -2.18. The topological polar surface area (TPSA) is 0 Å². The zero-order valence-electron chi connectivity index (χ0n) is 14.2. The maximum absolute atomic E-state index is 2.49. The van der Waals surface area contributed by atoms with Gasteiger partial charge >= 0.3 is 0 Å². The van der Waals surface area contributed by atoms with Gasteiger partial charge in [0.2, 0.25) is 0 Å². The van der Waals surface area contributed by atoms with E-state index in [0.29, 0.717) is 5.41 Å². The van der Waals surface area contributed by atoms with Gasteiger partial charge < -0.3 is 0 Å². The van der Waals surface area contributed by atoms with Crippen molar-refractivity contribution < 1.29 is 0 Å². The first kappa shape index (κ1) is 18.0. The maximum atomic E-state index is 2.49. The lowest BCUT2D eigenvalue weighted by atomic mass is 9.76. The first-order valence-electron chi connectivity index (χ1n) is 8.36. The van der Waals surface area contributed by atoms with E-state index in [1.165, 1.54) is 44.9 Å². The quantitative estimate of drug-likeness (QED) is 0.407. The largest absolute Gasteiger partial charge is 0.0654 e. The van der Waals surface area contributed by atoms with E-state index in [0.717, 1.165) is 17.8 Å². The molecule has 0 fully saturated rings. The zero-order valence-corrected chi connectivity index (χ0v) is 14.2. The molecule has 0 aromatic carbocycles. The average Bonchev–Trinajstić information content (AvgIpc) is 2.29. The summed E-state index contributed by atoms with van der Waals surface area (Å²) in [6, 6.07) is 0. The molecule has 0 aliphatic carbocycles. The molecule has 0 saturated carbocycles. The molecule has 0 aliphatic heterocycles. The molecule has 3 atom stereocenters. The highest BCUT2D eigenvalue weighted by atomic mass is 14.3. The summed E-state index contributed by atoms with van der Waals surface area (Å²) in [7, 11) is 0. The van der Waals surface area contributed by atoms with E-state index in [1.807, 2.05) is 0 Å². The van der Waals surface area contributed by atoms with Gasteiger partial charge in [-0.2, -0.15) is 0 Å². The van der Waals surface area contributed by atoms with Gasteiger partial charge in [0.25, 0.3) is 0 Å². The smallest absolute Gasteiger partial charge is 0.0357 e. The molecule has 0 aromatic heterocycles. The molecule has 18 heavy (non-hydrogen) atoms. The molecule has 0 spiro atoms. The zero-order chi connectivity index (χ0) is 14.2. The molecule has 0 saturated heterocycles. The van der Waals surface area contributed by atoms with Gasteiger partial charge in [0.05, 0.1) is 0 Å². The minimum Gasteiger partial charge on any atom is -0.0654 e. The summed E-state index contributed by atoms with van der Waals surface area (Å²) in [5.74, 6) is 2.76. The lowest BCUT2D eigenvalue weighted by molar-refractivity contribution is 0.219. The third-order valence-corrected chi connectivity index (χ3v) is 5.03. The Bertz CT molecular complexity index is 192. The van der Waals surface area contributed by atoms with Crippen molar-refractivity contribution in [1.82, 2.24) is 0 Å². The minimum atomic E-state index is 0.544. The third kappa shape index (κ3) is 7.44. The molecule has 0 N–H and O–H groups in total. The summed E-state index contributed by atoms with van der Waals surface area (Å²) in [6.45, 7) is 16.8. The van der Waals surface area contributed by atoms with Crippen molar-refractivity contribution in [2.45, 2.75) is 93.4 Å². The summed E-state index contributed by atoms with van der Waals surface area (Å²) in [5.41, 5.74) is 0.544. The molecular weight excluding hydrogens is 216 g/mol. The van der Waals surface area contributed by atoms with Crippen LogP contribution < -0.4 is 0 Å². The van der Waals surface area contributed by atoms with E-state index in [4.69, 9.17) is 0 Å². The molecule has 0 aliphatic rings. The fourth-order valence-corrected chi connectivity index (χ4v) is 3.08. The molecule has 0 amide bonds. The Morgan fingerprint density at radius 3 is 2.00 bits per heavy atom. The van der Waals surface area contributed by atoms with Crippen molar-refractivity contribution >= 4 is 0 Å². The van der Waals surface area contributed by atoms with Gasteiger partial charge in [0, 0.05) is 0 Å². The Labute approximate surface area is 117 Å². The van der Waals surface area contributed by atoms with Crippen LogP contribution in [0.2, 0.25) is 0 Å². The third-order valence-electron chi connectivity index (χ3n) is 5.03. The van der Waals surface area contributed by atoms with Crippen LogP contribution in [0.15, 0.2) is 0 Å². The van der Waals surface area contributed by atoms with Crippen LogP contribution in [-0.2, 0) is 0 Å². The van der Waals surface area contributed by atoms with E-state index in [9.17, 15) is 0 Å². The average molecular weight is 255 g/mol. The molecule has 0 bridgehead atoms. The summed E-state index contributed by atoms with van der Waals surface area (Å²) >= 11 is 0. The van der Waals surface area contributed by atoms with E-state index in [-0.39, 0.29) is 0 Å². The van der Waals surface area contributed by atoms with Crippen LogP contribution in [0.3, 0.4) is 0 Å². The van der Waals surface area contributed by atoms with Gasteiger partial charge in [-0.25, -0.2) is 0 Å². The van der Waals surface area contributed by atoms with Gasteiger partial charge in [0.15, 0.2) is 0 Å². The predicted octanol–water partition coefficient (Wildman–Crippen LogP) is 6.69. The second kappa shape index (κ2) is 8.99. The monoisotopic (exact) mass is 254 g/mol. The normalized spacial score (nSPS) is 17.5. The van der Waals surface area contributed by atoms with Gasteiger partial charge in [-0.05, 0) is 42.4 Å². The first-order valence-corrected chi connectivity index (χ1v) is 8.36. The van der Waals surface area contributed by atoms with Gasteiger partial charge in [-0.3, -0.25) is 0 Å². The molecule has 3 unspecified atom stereocenters. The van der Waals surface area contributed by atoms with E-state index >= 15 is 0 Å². The van der Waals surface area contributed by atoms with Crippen LogP contribution in [0.1, 0.15) is 93.4 Å². The second-order valence-electron chi connectivity index (χ2n) is 7.33. The standard InChI is InChI=1S/C18H38/c1-8-11-15(4)14-16(5)17(9-2)12-13-18(6,7)10-3/h15-17H,8-14H2,1-7H3. The summed E-state index contributed by atoms with van der Waals surface area (Å²) in [5, 5.41) is 0. The second-order valence-corrected chi connectivity index (χ2v) is 7.33. The van der Waals surface area contributed by atoms with Crippen LogP contribution in [0.4, 0.5) is 0 Å². The summed E-state index contributed by atoms with van der Waals surface area (Å²) in [6.07, 6.45) is 9.67. The van der Waals surface area contributed by atoms with Crippen molar-refractivity contribution in [3.63, 3.8) is 0 Å². The first-order chi connectivity index (χ1) is 8.36. The summed E-state index contributed by atoms with van der Waals surface area (Å²) in [4.78, 5) is 0. The Morgan fingerprint density at radius 1 is 0.944 bits per heavy atom. The Hall–Kier alpha value is 0. The highest BCUT2D eigenvalue weighted by molar-refractivity contribution is 4.73. The van der Waals surface area contributed by atoms with Crippen molar-refractivity contribution in [3.05, 3.63) is 0 Å². The number of hydrogen-bond acceptors (Lipinski definition) is 0. The Balaban J connectivity index is 4.15. The van der Waals surface area contributed by atoms with Crippen molar-refractivity contribution in [3.8, 4) is 0 Å². The van der Waals surface area contributed by atoms with Crippen LogP contribution in [0.5, 0.6) is 0 Å². The number of rotatable bonds is 10. The predicted molar refractivity (Wildman–Crippen MR) is 84.9 cm³/mol. The van der Waals surface area contributed by atoms with Gasteiger partial charge in [-0.1, -0.05) is 74.1 Å². The van der Waals surface area contributed by atoms with Crippen LogP contribution in [-0.4, -0.2) is 0 Å². The van der Waals surface area contributed by atoms with Crippen LogP contribution in [0, 0.1) is 23.2 Å². The molecule has 0 heterocycles. The van der Waals surface area contributed by atoms with Crippen molar-refractivity contribution in [2.75, 3.05) is 0 Å². The summed E-state index contributed by atoms with van der Waals surface area (Å²) < 4.78 is 0. The number of hydrogen-bond donors (Lipinski definition) is 0. The fourth-order valence-electron chi connectivity index (χ4n) is 3.08. The van der Waals surface area contributed by atoms with Crippen molar-refractivity contribution in [2.24, 2.45) is 23.2 Å². The minimum absolute atomic E-state index is 0.544. The van der Waals surface area contributed by atoms with Crippen molar-refractivity contribution in [1.29, 1.82) is 0 Å². The molecule has 0 radical (unpaired) electrons.